The van der Waals surface area contributed by atoms with Crippen LogP contribution in [-0.2, 0) is 4.79 Å². The third-order valence-electron chi connectivity index (χ3n) is 3.91. The highest BCUT2D eigenvalue weighted by Crippen LogP contribution is 2.28. The first-order valence-corrected chi connectivity index (χ1v) is 8.06. The fraction of sp³-hybridized carbons (Fsp3) is 0.500. The first-order valence-electron chi connectivity index (χ1n) is 7.30. The Balaban J connectivity index is 2.02. The van der Waals surface area contributed by atoms with Crippen LogP contribution in [0.4, 0.5) is 0 Å². The minimum atomic E-state index is -0.146. The molecule has 2 rings (SSSR count). The van der Waals surface area contributed by atoms with Crippen LogP contribution in [0.1, 0.15) is 43.0 Å². The van der Waals surface area contributed by atoms with Crippen LogP contribution < -0.4 is 0 Å². The number of halogens is 2. The Hall–Kier alpha value is -1.06. The van der Waals surface area contributed by atoms with Crippen molar-refractivity contribution < 1.29 is 9.59 Å². The molecule has 1 saturated heterocycles. The van der Waals surface area contributed by atoms with Crippen molar-refractivity contribution in [1.82, 2.24) is 4.90 Å². The first-order chi connectivity index (χ1) is 10.0. The first kappa shape index (κ1) is 16.3. The molecular formula is C16H19Cl2NO2. The van der Waals surface area contributed by atoms with Crippen LogP contribution in [0.25, 0.3) is 0 Å². The van der Waals surface area contributed by atoms with E-state index in [1.165, 1.54) is 0 Å². The molecule has 21 heavy (non-hydrogen) atoms. The molecule has 1 amide bonds. The Morgan fingerprint density at radius 2 is 1.76 bits per heavy atom. The maximum absolute atomic E-state index is 12.5. The van der Waals surface area contributed by atoms with Gasteiger partial charge in [0.25, 0.3) is 5.91 Å². The maximum atomic E-state index is 12.5. The minimum absolute atomic E-state index is 0.0933. The van der Waals surface area contributed by atoms with Gasteiger partial charge in [0.1, 0.15) is 5.78 Å². The molecule has 0 spiro atoms. The van der Waals surface area contributed by atoms with Crippen LogP contribution >= 0.6 is 23.2 Å². The maximum Gasteiger partial charge on any atom is 0.256 e. The van der Waals surface area contributed by atoms with Gasteiger partial charge in [-0.15, -0.1) is 0 Å². The molecule has 0 atom stereocenters. The molecule has 0 radical (unpaired) electrons. The standard InChI is InChI=1S/C16H19Cl2NO2/c1-2-4-14(20)11-7-9-19(10-8-11)16(21)15-12(17)5-3-6-13(15)18/h3,5-6,11H,2,4,7-10H2,1H3. The van der Waals surface area contributed by atoms with E-state index in [-0.39, 0.29) is 11.8 Å². The average molecular weight is 328 g/mol. The summed E-state index contributed by atoms with van der Waals surface area (Å²) in [5.41, 5.74) is 0.360. The average Bonchev–Trinajstić information content (AvgIpc) is 2.47. The summed E-state index contributed by atoms with van der Waals surface area (Å²) in [6.45, 7) is 3.18. The van der Waals surface area contributed by atoms with Gasteiger partial charge in [-0.25, -0.2) is 0 Å². The zero-order valence-electron chi connectivity index (χ0n) is 12.1. The Kier molecular flexibility index (Phi) is 5.65. The van der Waals surface area contributed by atoms with E-state index in [4.69, 9.17) is 23.2 Å². The predicted molar refractivity (Wildman–Crippen MR) is 85.0 cm³/mol. The number of carbonyl (C=O) groups excluding carboxylic acids is 2. The summed E-state index contributed by atoms with van der Waals surface area (Å²) < 4.78 is 0. The lowest BCUT2D eigenvalue weighted by Crippen LogP contribution is -2.40. The Morgan fingerprint density at radius 1 is 1.19 bits per heavy atom. The van der Waals surface area contributed by atoms with Crippen molar-refractivity contribution in [3.63, 3.8) is 0 Å². The Morgan fingerprint density at radius 3 is 2.29 bits per heavy atom. The molecule has 1 aromatic rings. The second kappa shape index (κ2) is 7.28. The molecule has 114 valence electrons. The molecule has 0 aliphatic carbocycles. The summed E-state index contributed by atoms with van der Waals surface area (Å²) >= 11 is 12.2. The highest BCUT2D eigenvalue weighted by Gasteiger charge is 2.28. The molecule has 0 bridgehead atoms. The molecule has 3 nitrogen and oxygen atoms in total. The monoisotopic (exact) mass is 327 g/mol. The molecule has 1 heterocycles. The Labute approximate surface area is 135 Å². The Bertz CT molecular complexity index is 517. The van der Waals surface area contributed by atoms with Crippen molar-refractivity contribution in [2.24, 2.45) is 5.92 Å². The number of nitrogens with zero attached hydrogens (tertiary/aromatic N) is 1. The number of benzene rings is 1. The van der Waals surface area contributed by atoms with Gasteiger partial charge < -0.3 is 4.90 Å². The summed E-state index contributed by atoms with van der Waals surface area (Å²) in [4.78, 5) is 26.2. The summed E-state index contributed by atoms with van der Waals surface area (Å²) in [6.07, 6.45) is 2.97. The molecule has 5 heteroatoms. The molecule has 0 N–H and O–H groups in total. The SMILES string of the molecule is CCCC(=O)C1CCN(C(=O)c2c(Cl)cccc2Cl)CC1. The number of Topliss-reactive ketones (excluding diaryl/α,β-unsaturated/α-hetero) is 1. The highest BCUT2D eigenvalue weighted by molar-refractivity contribution is 6.39. The minimum Gasteiger partial charge on any atom is -0.339 e. The molecule has 1 aliphatic rings. The number of amides is 1. The molecule has 1 aromatic carbocycles. The largest absolute Gasteiger partial charge is 0.339 e. The molecule has 0 unspecified atom stereocenters. The quantitative estimate of drug-likeness (QED) is 0.830. The zero-order chi connectivity index (χ0) is 15.4. The number of likely N-dealkylation sites (tertiary alicyclic amines) is 1. The third kappa shape index (κ3) is 3.78. The van der Waals surface area contributed by atoms with Gasteiger partial charge >= 0.3 is 0 Å². The van der Waals surface area contributed by atoms with Gasteiger partial charge in [0.05, 0.1) is 15.6 Å². The van der Waals surface area contributed by atoms with E-state index in [1.54, 1.807) is 23.1 Å². The fourth-order valence-corrected chi connectivity index (χ4v) is 3.27. The molecule has 0 aromatic heterocycles. The van der Waals surface area contributed by atoms with Crippen LogP contribution in [-0.4, -0.2) is 29.7 Å². The van der Waals surface area contributed by atoms with Gasteiger partial charge in [0.15, 0.2) is 0 Å². The lowest BCUT2D eigenvalue weighted by molar-refractivity contribution is -0.124. The summed E-state index contributed by atoms with van der Waals surface area (Å²) in [7, 11) is 0. The lowest BCUT2D eigenvalue weighted by Gasteiger charge is -2.31. The van der Waals surface area contributed by atoms with Gasteiger partial charge in [-0.1, -0.05) is 36.2 Å². The molecular weight excluding hydrogens is 309 g/mol. The van der Waals surface area contributed by atoms with Gasteiger partial charge in [0, 0.05) is 25.4 Å². The van der Waals surface area contributed by atoms with Crippen molar-refractivity contribution >= 4 is 34.9 Å². The molecule has 0 saturated carbocycles. The van der Waals surface area contributed by atoms with E-state index in [2.05, 4.69) is 0 Å². The number of hydrogen-bond donors (Lipinski definition) is 0. The van der Waals surface area contributed by atoms with Crippen LogP contribution in [0.3, 0.4) is 0 Å². The molecule has 1 aliphatic heterocycles. The number of ketones is 1. The van der Waals surface area contributed by atoms with E-state index in [9.17, 15) is 9.59 Å². The zero-order valence-corrected chi connectivity index (χ0v) is 13.6. The number of hydrogen-bond acceptors (Lipinski definition) is 2. The topological polar surface area (TPSA) is 37.4 Å². The predicted octanol–water partition coefficient (Wildman–Crippen LogP) is 4.21. The lowest BCUT2D eigenvalue weighted by atomic mass is 9.90. The van der Waals surface area contributed by atoms with Gasteiger partial charge in [0.2, 0.25) is 0 Å². The van der Waals surface area contributed by atoms with Crippen molar-refractivity contribution in [2.45, 2.75) is 32.6 Å². The van der Waals surface area contributed by atoms with Crippen LogP contribution in [0, 0.1) is 5.92 Å². The third-order valence-corrected chi connectivity index (χ3v) is 4.54. The van der Waals surface area contributed by atoms with Crippen LogP contribution in [0.15, 0.2) is 18.2 Å². The fourth-order valence-electron chi connectivity index (χ4n) is 2.72. The summed E-state index contributed by atoms with van der Waals surface area (Å²) in [5, 5.41) is 0.744. The summed E-state index contributed by atoms with van der Waals surface area (Å²) in [5.74, 6) is 0.267. The number of piperidine rings is 1. The van der Waals surface area contributed by atoms with Gasteiger partial charge in [-0.05, 0) is 31.4 Å². The number of rotatable bonds is 4. The van der Waals surface area contributed by atoms with E-state index in [0.29, 0.717) is 40.9 Å². The van der Waals surface area contributed by atoms with Crippen molar-refractivity contribution in [3.8, 4) is 0 Å². The second-order valence-electron chi connectivity index (χ2n) is 5.38. The van der Waals surface area contributed by atoms with Crippen molar-refractivity contribution in [2.75, 3.05) is 13.1 Å². The van der Waals surface area contributed by atoms with Crippen LogP contribution in [0.2, 0.25) is 10.0 Å². The normalized spacial score (nSPS) is 16.0. The molecule has 1 fully saturated rings. The van der Waals surface area contributed by atoms with Crippen molar-refractivity contribution in [1.29, 1.82) is 0 Å². The second-order valence-corrected chi connectivity index (χ2v) is 6.19. The van der Waals surface area contributed by atoms with E-state index in [1.807, 2.05) is 6.92 Å². The summed E-state index contributed by atoms with van der Waals surface area (Å²) in [6, 6.07) is 5.05. The van der Waals surface area contributed by atoms with E-state index in [0.717, 1.165) is 19.3 Å². The van der Waals surface area contributed by atoms with Gasteiger partial charge in [-0.2, -0.15) is 0 Å². The van der Waals surface area contributed by atoms with Crippen LogP contribution in [0.5, 0.6) is 0 Å². The smallest absolute Gasteiger partial charge is 0.256 e. The number of carbonyl (C=O) groups is 2. The van der Waals surface area contributed by atoms with Gasteiger partial charge in [-0.3, -0.25) is 9.59 Å². The highest BCUT2D eigenvalue weighted by atomic mass is 35.5. The van der Waals surface area contributed by atoms with E-state index < -0.39 is 0 Å². The van der Waals surface area contributed by atoms with E-state index >= 15 is 0 Å². The van der Waals surface area contributed by atoms with Crippen molar-refractivity contribution in [3.05, 3.63) is 33.8 Å².